The fourth-order valence-electron chi connectivity index (χ4n) is 5.09. The van der Waals surface area contributed by atoms with Crippen molar-refractivity contribution in [1.82, 2.24) is 24.8 Å². The number of fused-ring (bicyclic) bond motifs is 1. The summed E-state index contributed by atoms with van der Waals surface area (Å²) in [6, 6.07) is 10.4. The molecule has 2 aliphatic rings. The molecule has 2 fully saturated rings. The van der Waals surface area contributed by atoms with E-state index in [0.717, 1.165) is 18.4 Å². The van der Waals surface area contributed by atoms with Gasteiger partial charge >= 0.3 is 0 Å². The van der Waals surface area contributed by atoms with Gasteiger partial charge in [0, 0.05) is 24.2 Å². The van der Waals surface area contributed by atoms with E-state index in [1.165, 1.54) is 28.8 Å². The van der Waals surface area contributed by atoms with Crippen LogP contribution in [0.25, 0.3) is 16.8 Å². The van der Waals surface area contributed by atoms with Crippen molar-refractivity contribution in [3.05, 3.63) is 92.5 Å². The first kappa shape index (κ1) is 22.9. The molecule has 2 N–H and O–H groups in total. The molecular formula is C26H22ClF2N5O2. The number of carbonyl (C=O) groups excluding carboxylic acids is 1. The average molecular weight is 510 g/mol. The van der Waals surface area contributed by atoms with E-state index in [-0.39, 0.29) is 22.5 Å². The molecule has 10 heteroatoms. The van der Waals surface area contributed by atoms with E-state index in [9.17, 15) is 18.4 Å². The van der Waals surface area contributed by atoms with Gasteiger partial charge < -0.3 is 15.2 Å². The SMILES string of the molecule is CN1CC(NC(=O)c2nn3cc(-c4ccc(Cl)c(F)c4)[nH]c(=O)c3c2C2CC2)(c2ccc(F)cc2)C1. The third-order valence-electron chi connectivity index (χ3n) is 6.92. The number of likely N-dealkylation sites (N-methyl/N-ethyl adjacent to an activating group) is 1. The monoisotopic (exact) mass is 509 g/mol. The number of rotatable bonds is 5. The molecule has 184 valence electrons. The van der Waals surface area contributed by atoms with Crippen molar-refractivity contribution >= 4 is 23.0 Å². The molecule has 2 aromatic carbocycles. The number of H-pyrrole nitrogens is 1. The van der Waals surface area contributed by atoms with Crippen molar-refractivity contribution in [1.29, 1.82) is 0 Å². The van der Waals surface area contributed by atoms with Crippen molar-refractivity contribution in [2.24, 2.45) is 0 Å². The van der Waals surface area contributed by atoms with Crippen LogP contribution in [-0.2, 0) is 5.54 Å². The molecule has 1 aliphatic carbocycles. The standard InChI is InChI=1S/C26H22ClF2N5O2/c1-33-12-26(13-33,16-5-7-17(28)8-6-16)31-24(35)22-21(14-2-3-14)23-25(36)30-20(11-34(23)32-22)15-4-9-18(27)19(29)10-15/h4-11,14H,2-3,12-13H2,1H3,(H,30,36)(H,31,35). The summed E-state index contributed by atoms with van der Waals surface area (Å²) in [6.07, 6.45) is 3.29. The summed E-state index contributed by atoms with van der Waals surface area (Å²) >= 11 is 5.80. The maximum Gasteiger partial charge on any atom is 0.274 e. The lowest BCUT2D eigenvalue weighted by atomic mass is 9.82. The normalized spacial score (nSPS) is 17.2. The number of likely N-dealkylation sites (tertiary alicyclic amines) is 1. The highest BCUT2D eigenvalue weighted by atomic mass is 35.5. The van der Waals surface area contributed by atoms with Gasteiger partial charge in [0.25, 0.3) is 11.5 Å². The van der Waals surface area contributed by atoms with Crippen LogP contribution in [0.5, 0.6) is 0 Å². The zero-order valence-electron chi connectivity index (χ0n) is 19.3. The van der Waals surface area contributed by atoms with E-state index in [4.69, 9.17) is 11.6 Å². The molecule has 7 nitrogen and oxygen atoms in total. The van der Waals surface area contributed by atoms with Crippen LogP contribution >= 0.6 is 11.6 Å². The lowest BCUT2D eigenvalue weighted by Crippen LogP contribution is -2.66. The molecule has 2 aromatic heterocycles. The summed E-state index contributed by atoms with van der Waals surface area (Å²) in [5, 5.41) is 7.62. The Labute approximate surface area is 209 Å². The predicted molar refractivity (Wildman–Crippen MR) is 131 cm³/mol. The Bertz CT molecular complexity index is 1570. The van der Waals surface area contributed by atoms with Crippen LogP contribution in [-0.4, -0.2) is 45.5 Å². The first-order valence-corrected chi connectivity index (χ1v) is 12.0. The second-order valence-electron chi connectivity index (χ2n) is 9.67. The maximum absolute atomic E-state index is 14.0. The number of carbonyl (C=O) groups is 1. The van der Waals surface area contributed by atoms with Gasteiger partial charge in [0.15, 0.2) is 5.69 Å². The number of hydrogen-bond acceptors (Lipinski definition) is 4. The van der Waals surface area contributed by atoms with E-state index in [2.05, 4.69) is 20.3 Å². The van der Waals surface area contributed by atoms with Crippen LogP contribution in [0, 0.1) is 11.6 Å². The van der Waals surface area contributed by atoms with Gasteiger partial charge in [-0.25, -0.2) is 13.3 Å². The van der Waals surface area contributed by atoms with Crippen molar-refractivity contribution in [2.75, 3.05) is 20.1 Å². The molecule has 0 bridgehead atoms. The largest absolute Gasteiger partial charge is 0.338 e. The van der Waals surface area contributed by atoms with Gasteiger partial charge in [-0.15, -0.1) is 0 Å². The second-order valence-corrected chi connectivity index (χ2v) is 10.1. The van der Waals surface area contributed by atoms with Crippen LogP contribution in [0.3, 0.4) is 0 Å². The van der Waals surface area contributed by atoms with Gasteiger partial charge in [-0.05, 0) is 55.6 Å². The number of hydrogen-bond donors (Lipinski definition) is 2. The lowest BCUT2D eigenvalue weighted by Gasteiger charge is -2.49. The molecule has 0 radical (unpaired) electrons. The summed E-state index contributed by atoms with van der Waals surface area (Å²) < 4.78 is 29.0. The van der Waals surface area contributed by atoms with Crippen LogP contribution in [0.1, 0.15) is 40.4 Å². The van der Waals surface area contributed by atoms with Crippen molar-refractivity contribution in [3.63, 3.8) is 0 Å². The van der Waals surface area contributed by atoms with Crippen LogP contribution in [0.4, 0.5) is 8.78 Å². The van der Waals surface area contributed by atoms with Crippen molar-refractivity contribution < 1.29 is 13.6 Å². The van der Waals surface area contributed by atoms with E-state index in [1.807, 2.05) is 7.05 Å². The lowest BCUT2D eigenvalue weighted by molar-refractivity contribution is 0.0507. The summed E-state index contributed by atoms with van der Waals surface area (Å²) in [4.78, 5) is 31.6. The molecule has 0 spiro atoms. The summed E-state index contributed by atoms with van der Waals surface area (Å²) in [5.74, 6) is -1.28. The van der Waals surface area contributed by atoms with Gasteiger partial charge in [0.2, 0.25) is 0 Å². The first-order chi connectivity index (χ1) is 17.2. The smallest absolute Gasteiger partial charge is 0.274 e. The predicted octanol–water partition coefficient (Wildman–Crippen LogP) is 4.07. The topological polar surface area (TPSA) is 82.5 Å². The van der Waals surface area contributed by atoms with Crippen LogP contribution < -0.4 is 10.9 Å². The Balaban J connectivity index is 1.42. The fraction of sp³-hybridized carbons (Fsp3) is 0.269. The minimum Gasteiger partial charge on any atom is -0.338 e. The number of aromatic nitrogens is 3. The molecule has 1 aliphatic heterocycles. The maximum atomic E-state index is 14.0. The van der Waals surface area contributed by atoms with Gasteiger partial charge in [-0.3, -0.25) is 9.59 Å². The minimum absolute atomic E-state index is 0.0204. The highest BCUT2D eigenvalue weighted by molar-refractivity contribution is 6.30. The highest BCUT2D eigenvalue weighted by Crippen LogP contribution is 2.43. The molecular weight excluding hydrogens is 488 g/mol. The van der Waals surface area contributed by atoms with E-state index in [1.54, 1.807) is 24.4 Å². The summed E-state index contributed by atoms with van der Waals surface area (Å²) in [6.45, 7) is 1.12. The molecule has 6 rings (SSSR count). The number of amides is 1. The molecule has 36 heavy (non-hydrogen) atoms. The number of aromatic amines is 1. The van der Waals surface area contributed by atoms with Gasteiger partial charge in [0.1, 0.15) is 17.2 Å². The quantitative estimate of drug-likeness (QED) is 0.425. The molecule has 0 unspecified atom stereocenters. The van der Waals surface area contributed by atoms with Crippen molar-refractivity contribution in [3.8, 4) is 11.3 Å². The Morgan fingerprint density at radius 3 is 2.53 bits per heavy atom. The number of nitrogens with one attached hydrogen (secondary N) is 2. The number of benzene rings is 2. The third-order valence-corrected chi connectivity index (χ3v) is 7.23. The average Bonchev–Trinajstić information content (AvgIpc) is 3.59. The van der Waals surface area contributed by atoms with E-state index < -0.39 is 22.8 Å². The molecule has 1 saturated heterocycles. The van der Waals surface area contributed by atoms with Gasteiger partial charge in [-0.2, -0.15) is 5.10 Å². The van der Waals surface area contributed by atoms with Crippen molar-refractivity contribution in [2.45, 2.75) is 24.3 Å². The molecule has 0 atom stereocenters. The fourth-order valence-corrected chi connectivity index (χ4v) is 5.21. The Hall–Kier alpha value is -3.56. The Morgan fingerprint density at radius 1 is 1.17 bits per heavy atom. The minimum atomic E-state index is -0.686. The van der Waals surface area contributed by atoms with E-state index in [0.29, 0.717) is 35.4 Å². The Kier molecular flexibility index (Phi) is 5.24. The van der Waals surface area contributed by atoms with Gasteiger partial charge in [-0.1, -0.05) is 29.8 Å². The summed E-state index contributed by atoms with van der Waals surface area (Å²) in [5.41, 5.74) is 1.60. The first-order valence-electron chi connectivity index (χ1n) is 11.6. The molecule has 3 heterocycles. The molecule has 4 aromatic rings. The van der Waals surface area contributed by atoms with E-state index >= 15 is 0 Å². The second kappa shape index (κ2) is 8.25. The van der Waals surface area contributed by atoms with Crippen LogP contribution in [0.2, 0.25) is 5.02 Å². The zero-order chi connectivity index (χ0) is 25.2. The Morgan fingerprint density at radius 2 is 1.89 bits per heavy atom. The zero-order valence-corrected chi connectivity index (χ0v) is 20.1. The molecule has 1 amide bonds. The summed E-state index contributed by atoms with van der Waals surface area (Å²) in [7, 11) is 1.94. The number of nitrogens with zero attached hydrogens (tertiary/aromatic N) is 3. The highest BCUT2D eigenvalue weighted by Gasteiger charge is 2.45. The van der Waals surface area contributed by atoms with Crippen LogP contribution in [0.15, 0.2) is 53.5 Å². The number of halogens is 3. The third kappa shape index (κ3) is 3.79. The molecule has 1 saturated carbocycles. The van der Waals surface area contributed by atoms with Gasteiger partial charge in [0.05, 0.1) is 22.5 Å².